The van der Waals surface area contributed by atoms with Crippen LogP contribution in [0.15, 0.2) is 66.7 Å². The van der Waals surface area contributed by atoms with E-state index in [1.54, 1.807) is 87.0 Å². The average molecular weight is 418 g/mol. The van der Waals surface area contributed by atoms with E-state index in [0.29, 0.717) is 45.3 Å². The summed E-state index contributed by atoms with van der Waals surface area (Å²) in [6.45, 7) is 0. The fourth-order valence-corrected chi connectivity index (χ4v) is 2.93. The van der Waals surface area contributed by atoms with Crippen LogP contribution in [0.1, 0.15) is 21.5 Å². The van der Waals surface area contributed by atoms with E-state index in [0.717, 1.165) is 6.29 Å². The summed E-state index contributed by atoms with van der Waals surface area (Å²) in [5, 5.41) is 0. The molecule has 0 saturated carbocycles. The van der Waals surface area contributed by atoms with Crippen molar-refractivity contribution in [3.63, 3.8) is 0 Å². The number of methoxy groups -OCH3 is 3. The number of benzene rings is 3. The Kier molecular flexibility index (Phi) is 7.06. The van der Waals surface area contributed by atoms with Crippen molar-refractivity contribution in [3.8, 4) is 23.0 Å². The van der Waals surface area contributed by atoms with E-state index >= 15 is 0 Å². The predicted molar refractivity (Wildman–Crippen MR) is 118 cm³/mol. The second-order valence-corrected chi connectivity index (χ2v) is 6.51. The molecule has 3 rings (SSSR count). The number of ether oxygens (including phenoxy) is 4. The number of hydrogen-bond donors (Lipinski definition) is 0. The highest BCUT2D eigenvalue weighted by molar-refractivity contribution is 6.21. The van der Waals surface area contributed by atoms with Crippen molar-refractivity contribution in [3.05, 3.63) is 83.4 Å². The van der Waals surface area contributed by atoms with Gasteiger partial charge in [-0.25, -0.2) is 4.79 Å². The van der Waals surface area contributed by atoms with Gasteiger partial charge < -0.3 is 18.9 Å². The fraction of sp³-hybridized carbons (Fsp3) is 0.120. The van der Waals surface area contributed by atoms with E-state index in [1.807, 2.05) is 0 Å². The van der Waals surface area contributed by atoms with Gasteiger partial charge in [-0.3, -0.25) is 4.79 Å². The van der Waals surface area contributed by atoms with Crippen LogP contribution >= 0.6 is 0 Å². The molecule has 0 fully saturated rings. The molecule has 0 saturated heterocycles. The Morgan fingerprint density at radius 2 is 1.42 bits per heavy atom. The van der Waals surface area contributed by atoms with E-state index in [2.05, 4.69) is 0 Å². The zero-order valence-corrected chi connectivity index (χ0v) is 17.5. The van der Waals surface area contributed by atoms with Crippen LogP contribution in [0.5, 0.6) is 23.0 Å². The van der Waals surface area contributed by atoms with Gasteiger partial charge in [0.25, 0.3) is 0 Å². The van der Waals surface area contributed by atoms with Crippen molar-refractivity contribution in [2.75, 3.05) is 21.3 Å². The molecular weight excluding hydrogens is 396 g/mol. The summed E-state index contributed by atoms with van der Waals surface area (Å²) >= 11 is 0. The Morgan fingerprint density at radius 3 is 2.00 bits per heavy atom. The molecule has 0 aromatic heterocycles. The van der Waals surface area contributed by atoms with Crippen molar-refractivity contribution in [1.82, 2.24) is 0 Å². The van der Waals surface area contributed by atoms with Crippen LogP contribution in [0.25, 0.3) is 11.6 Å². The monoisotopic (exact) mass is 418 g/mol. The SMILES string of the molecule is COC(=O)C(=Cc1cc(OC)cc(OC)c1)c1cccc(Oc2ccc(C=O)cc2)c1. The molecule has 3 aromatic rings. The summed E-state index contributed by atoms with van der Waals surface area (Å²) in [6, 6.07) is 19.2. The first kappa shape index (κ1) is 21.6. The lowest BCUT2D eigenvalue weighted by molar-refractivity contribution is -0.133. The molecule has 0 amide bonds. The van der Waals surface area contributed by atoms with E-state index < -0.39 is 5.97 Å². The number of hydrogen-bond acceptors (Lipinski definition) is 6. The van der Waals surface area contributed by atoms with E-state index in [1.165, 1.54) is 7.11 Å². The number of esters is 1. The largest absolute Gasteiger partial charge is 0.497 e. The Hall–Kier alpha value is -4.06. The van der Waals surface area contributed by atoms with Gasteiger partial charge in [0.1, 0.15) is 29.3 Å². The summed E-state index contributed by atoms with van der Waals surface area (Å²) in [5.41, 5.74) is 2.24. The standard InChI is InChI=1S/C25H22O6/c1-28-22-11-18(12-23(15-22)29-2)13-24(25(27)30-3)19-5-4-6-21(14-19)31-20-9-7-17(16-26)8-10-20/h4-16H,1-3H3. The normalized spacial score (nSPS) is 10.9. The maximum Gasteiger partial charge on any atom is 0.338 e. The van der Waals surface area contributed by atoms with Gasteiger partial charge >= 0.3 is 5.97 Å². The first-order valence-corrected chi connectivity index (χ1v) is 9.43. The van der Waals surface area contributed by atoms with Crippen molar-refractivity contribution in [2.45, 2.75) is 0 Å². The molecule has 0 atom stereocenters. The van der Waals surface area contributed by atoms with E-state index in [-0.39, 0.29) is 0 Å². The molecule has 3 aromatic carbocycles. The molecule has 31 heavy (non-hydrogen) atoms. The number of carbonyl (C=O) groups excluding carboxylic acids is 2. The average Bonchev–Trinajstić information content (AvgIpc) is 2.82. The van der Waals surface area contributed by atoms with Crippen LogP contribution in [0.3, 0.4) is 0 Å². The zero-order chi connectivity index (χ0) is 22.2. The van der Waals surface area contributed by atoms with Crippen LogP contribution in [0.2, 0.25) is 0 Å². The fourth-order valence-electron chi connectivity index (χ4n) is 2.93. The topological polar surface area (TPSA) is 71.1 Å². The summed E-state index contributed by atoms with van der Waals surface area (Å²) in [4.78, 5) is 23.4. The van der Waals surface area contributed by atoms with Crippen LogP contribution < -0.4 is 14.2 Å². The quantitative estimate of drug-likeness (QED) is 0.221. The molecule has 0 aliphatic heterocycles. The third-order valence-electron chi connectivity index (χ3n) is 4.49. The van der Waals surface area contributed by atoms with Crippen molar-refractivity contribution in [1.29, 1.82) is 0 Å². The molecule has 0 aliphatic carbocycles. The number of carbonyl (C=O) groups is 2. The highest BCUT2D eigenvalue weighted by Crippen LogP contribution is 2.29. The number of aldehydes is 1. The highest BCUT2D eigenvalue weighted by Gasteiger charge is 2.14. The Morgan fingerprint density at radius 1 is 0.742 bits per heavy atom. The van der Waals surface area contributed by atoms with Crippen molar-refractivity contribution < 1.29 is 28.5 Å². The maximum atomic E-state index is 12.5. The van der Waals surface area contributed by atoms with Crippen LogP contribution in [0.4, 0.5) is 0 Å². The van der Waals surface area contributed by atoms with Crippen LogP contribution in [-0.2, 0) is 9.53 Å². The minimum Gasteiger partial charge on any atom is -0.497 e. The second kappa shape index (κ2) is 10.1. The van der Waals surface area contributed by atoms with Gasteiger partial charge in [0.15, 0.2) is 0 Å². The molecule has 0 spiro atoms. The predicted octanol–water partition coefficient (Wildman–Crippen LogP) is 5.02. The van der Waals surface area contributed by atoms with Gasteiger partial charge in [-0.15, -0.1) is 0 Å². The zero-order valence-electron chi connectivity index (χ0n) is 17.5. The molecule has 6 nitrogen and oxygen atoms in total. The summed E-state index contributed by atoms with van der Waals surface area (Å²) < 4.78 is 21.5. The molecule has 0 N–H and O–H groups in total. The van der Waals surface area contributed by atoms with Gasteiger partial charge in [0.05, 0.1) is 26.9 Å². The molecule has 0 unspecified atom stereocenters. The van der Waals surface area contributed by atoms with Crippen molar-refractivity contribution >= 4 is 23.9 Å². The first-order valence-electron chi connectivity index (χ1n) is 9.43. The smallest absolute Gasteiger partial charge is 0.338 e. The molecule has 6 heteroatoms. The molecule has 0 radical (unpaired) electrons. The minimum absolute atomic E-state index is 0.347. The Labute approximate surface area is 180 Å². The van der Waals surface area contributed by atoms with E-state index in [4.69, 9.17) is 18.9 Å². The molecule has 158 valence electrons. The Balaban J connectivity index is 1.97. The second-order valence-electron chi connectivity index (χ2n) is 6.51. The summed E-state index contributed by atoms with van der Waals surface area (Å²) in [5.74, 6) is 1.82. The van der Waals surface area contributed by atoms with Gasteiger partial charge in [-0.1, -0.05) is 12.1 Å². The lowest BCUT2D eigenvalue weighted by Gasteiger charge is -2.11. The van der Waals surface area contributed by atoms with Gasteiger partial charge in [0, 0.05) is 11.6 Å². The Bertz CT molecular complexity index is 1080. The molecular formula is C25H22O6. The van der Waals surface area contributed by atoms with Crippen LogP contribution in [0, 0.1) is 0 Å². The summed E-state index contributed by atoms with van der Waals surface area (Å²) in [7, 11) is 4.45. The third-order valence-corrected chi connectivity index (χ3v) is 4.49. The molecule has 0 bridgehead atoms. The van der Waals surface area contributed by atoms with Gasteiger partial charge in [-0.2, -0.15) is 0 Å². The lowest BCUT2D eigenvalue weighted by atomic mass is 10.0. The third kappa shape index (κ3) is 5.51. The summed E-state index contributed by atoms with van der Waals surface area (Å²) in [6.07, 6.45) is 2.47. The van der Waals surface area contributed by atoms with E-state index in [9.17, 15) is 9.59 Å². The van der Waals surface area contributed by atoms with Crippen molar-refractivity contribution in [2.24, 2.45) is 0 Å². The first-order chi connectivity index (χ1) is 15.1. The number of rotatable bonds is 8. The molecule has 0 heterocycles. The van der Waals surface area contributed by atoms with Crippen LogP contribution in [-0.4, -0.2) is 33.6 Å². The lowest BCUT2D eigenvalue weighted by Crippen LogP contribution is -2.04. The van der Waals surface area contributed by atoms with Gasteiger partial charge in [0.2, 0.25) is 0 Å². The minimum atomic E-state index is -0.491. The molecule has 0 aliphatic rings. The maximum absolute atomic E-state index is 12.5. The van der Waals surface area contributed by atoms with Gasteiger partial charge in [-0.05, 0) is 65.7 Å². The highest BCUT2D eigenvalue weighted by atomic mass is 16.5.